The highest BCUT2D eigenvalue weighted by Crippen LogP contribution is 2.28. The van der Waals surface area contributed by atoms with Crippen molar-refractivity contribution in [2.24, 2.45) is 7.05 Å². The van der Waals surface area contributed by atoms with Crippen molar-refractivity contribution in [2.75, 3.05) is 11.9 Å². The Hall–Kier alpha value is -3.17. The minimum absolute atomic E-state index is 0.0259. The molecule has 0 aliphatic heterocycles. The second-order valence-electron chi connectivity index (χ2n) is 6.85. The van der Waals surface area contributed by atoms with Gasteiger partial charge in [0, 0.05) is 7.05 Å². The summed E-state index contributed by atoms with van der Waals surface area (Å²) >= 11 is 0. The largest absolute Gasteiger partial charge is 0.463 e. The highest BCUT2D eigenvalue weighted by molar-refractivity contribution is 6.09. The van der Waals surface area contributed by atoms with Crippen molar-refractivity contribution in [3.05, 3.63) is 57.8 Å². The van der Waals surface area contributed by atoms with Gasteiger partial charge in [0.05, 0.1) is 23.4 Å². The summed E-state index contributed by atoms with van der Waals surface area (Å²) < 4.78 is 21.1. The Kier molecular flexibility index (Phi) is 6.53. The number of hydroxylamine groups is 1. The first-order valence-electron chi connectivity index (χ1n) is 9.63. The zero-order valence-corrected chi connectivity index (χ0v) is 17.0. The van der Waals surface area contributed by atoms with E-state index in [2.05, 4.69) is 10.8 Å². The van der Waals surface area contributed by atoms with E-state index in [1.807, 2.05) is 6.92 Å². The quantitative estimate of drug-likeness (QED) is 0.487. The second kappa shape index (κ2) is 9.10. The van der Waals surface area contributed by atoms with E-state index in [1.165, 1.54) is 30.0 Å². The number of pyridine rings is 1. The molecule has 1 atom stereocenters. The molecule has 0 aliphatic rings. The lowest BCUT2D eigenvalue weighted by Crippen LogP contribution is -2.31. The number of aliphatic hydroxyl groups excluding tert-OH is 1. The van der Waals surface area contributed by atoms with Gasteiger partial charge in [0.15, 0.2) is 5.58 Å². The van der Waals surface area contributed by atoms with Gasteiger partial charge < -0.3 is 14.8 Å². The Morgan fingerprint density at radius 2 is 2.10 bits per heavy atom. The number of hydrogen-bond donors (Lipinski definition) is 3. The number of aromatic nitrogens is 1. The second-order valence-corrected chi connectivity index (χ2v) is 6.85. The normalized spacial score (nSPS) is 12.2. The van der Waals surface area contributed by atoms with Crippen LogP contribution in [0.5, 0.6) is 0 Å². The molecule has 0 fully saturated rings. The van der Waals surface area contributed by atoms with Crippen LogP contribution >= 0.6 is 0 Å². The monoisotopic (exact) mass is 417 g/mol. The van der Waals surface area contributed by atoms with E-state index in [-0.39, 0.29) is 34.6 Å². The Bertz CT molecular complexity index is 1120. The number of halogens is 1. The number of anilines is 2. The van der Waals surface area contributed by atoms with Crippen molar-refractivity contribution < 1.29 is 23.5 Å². The van der Waals surface area contributed by atoms with Crippen LogP contribution in [0.25, 0.3) is 11.0 Å². The molecule has 0 saturated carbocycles. The number of aryl methyl sites for hydroxylation is 1. The molecule has 0 radical (unpaired) electrons. The van der Waals surface area contributed by atoms with E-state index in [0.29, 0.717) is 12.8 Å². The number of rotatable bonds is 8. The molecule has 0 aliphatic carbocycles. The topological polar surface area (TPSA) is 106 Å². The number of furan rings is 1. The van der Waals surface area contributed by atoms with E-state index in [0.717, 1.165) is 5.56 Å². The molecule has 3 rings (SSSR count). The van der Waals surface area contributed by atoms with Crippen molar-refractivity contribution in [1.29, 1.82) is 0 Å². The number of carbonyl (C=O) groups excluding carboxylic acids is 1. The van der Waals surface area contributed by atoms with Gasteiger partial charge in [0.2, 0.25) is 0 Å². The van der Waals surface area contributed by atoms with Gasteiger partial charge in [-0.3, -0.25) is 19.0 Å². The molecular weight excluding hydrogens is 393 g/mol. The lowest BCUT2D eigenvalue weighted by atomic mass is 10.1. The highest BCUT2D eigenvalue weighted by Gasteiger charge is 2.24. The number of aliphatic hydroxyl groups is 1. The maximum Gasteiger partial charge on any atom is 0.282 e. The number of nitrogens with one attached hydrogen (secondary N) is 2. The lowest BCUT2D eigenvalue weighted by Gasteiger charge is -2.17. The number of fused-ring (bicyclic) bond motifs is 1. The van der Waals surface area contributed by atoms with E-state index in [1.54, 1.807) is 19.1 Å². The molecule has 3 aromatic rings. The molecular formula is C21H24FN3O5. The number of carbonyl (C=O) groups is 1. The fourth-order valence-electron chi connectivity index (χ4n) is 2.97. The molecule has 8 nitrogen and oxygen atoms in total. The highest BCUT2D eigenvalue weighted by atomic mass is 19.1. The molecule has 0 saturated heterocycles. The smallest absolute Gasteiger partial charge is 0.282 e. The summed E-state index contributed by atoms with van der Waals surface area (Å²) in [6, 6.07) is 6.14. The van der Waals surface area contributed by atoms with Crippen LogP contribution in [0.1, 0.15) is 36.2 Å². The van der Waals surface area contributed by atoms with Gasteiger partial charge in [-0.05, 0) is 36.6 Å². The minimum atomic E-state index is -0.738. The Labute approximate surface area is 172 Å². The third-order valence-electron chi connectivity index (χ3n) is 4.83. The molecule has 0 spiro atoms. The Morgan fingerprint density at radius 1 is 1.33 bits per heavy atom. The first-order valence-corrected chi connectivity index (χ1v) is 9.63. The summed E-state index contributed by atoms with van der Waals surface area (Å²) in [5, 5.41) is 12.6. The SMILES string of the molecule is CCc1ccc(Nc2c(C(=O)NOCC(O)CC)c3occc3c(=O)n2C)c(F)c1. The van der Waals surface area contributed by atoms with Gasteiger partial charge >= 0.3 is 0 Å². The molecule has 30 heavy (non-hydrogen) atoms. The summed E-state index contributed by atoms with van der Waals surface area (Å²) in [6.45, 7) is 3.58. The fraction of sp³-hybridized carbons (Fsp3) is 0.333. The molecule has 160 valence electrons. The van der Waals surface area contributed by atoms with Crippen LogP contribution in [0.2, 0.25) is 0 Å². The Balaban J connectivity index is 2.04. The van der Waals surface area contributed by atoms with Crippen molar-refractivity contribution >= 4 is 28.4 Å². The zero-order valence-electron chi connectivity index (χ0n) is 17.0. The van der Waals surface area contributed by atoms with Gasteiger partial charge in [0.25, 0.3) is 11.5 Å². The molecule has 1 unspecified atom stereocenters. The van der Waals surface area contributed by atoms with Crippen LogP contribution in [0.3, 0.4) is 0 Å². The number of benzene rings is 1. The van der Waals surface area contributed by atoms with Gasteiger partial charge in [-0.1, -0.05) is 19.9 Å². The number of nitrogens with zero attached hydrogens (tertiary/aromatic N) is 1. The first-order chi connectivity index (χ1) is 14.4. The predicted molar refractivity (Wildman–Crippen MR) is 110 cm³/mol. The van der Waals surface area contributed by atoms with E-state index in [4.69, 9.17) is 9.25 Å². The maximum atomic E-state index is 14.5. The summed E-state index contributed by atoms with van der Waals surface area (Å²) in [5.41, 5.74) is 2.77. The summed E-state index contributed by atoms with van der Waals surface area (Å²) in [7, 11) is 1.47. The third kappa shape index (κ3) is 4.22. The summed E-state index contributed by atoms with van der Waals surface area (Å²) in [6.07, 6.45) is 1.68. The molecule has 1 aromatic carbocycles. The van der Waals surface area contributed by atoms with Crippen molar-refractivity contribution in [3.8, 4) is 0 Å². The standard InChI is InChI=1S/C21H24FN3O5/c1-4-12-6-7-16(15(22)10-12)23-19-17(20(27)24-30-11-13(26)5-2)18-14(8-9-29-18)21(28)25(19)3/h6-10,13,23,26H,4-5,11H2,1-3H3,(H,24,27). The molecule has 9 heteroatoms. The third-order valence-corrected chi connectivity index (χ3v) is 4.83. The van der Waals surface area contributed by atoms with E-state index < -0.39 is 23.4 Å². The average Bonchev–Trinajstić information content (AvgIpc) is 3.22. The number of amides is 1. The van der Waals surface area contributed by atoms with Crippen LogP contribution in [-0.4, -0.2) is 28.3 Å². The molecule has 3 N–H and O–H groups in total. The van der Waals surface area contributed by atoms with Crippen LogP contribution in [0.15, 0.2) is 39.7 Å². The van der Waals surface area contributed by atoms with E-state index >= 15 is 0 Å². The lowest BCUT2D eigenvalue weighted by molar-refractivity contribution is -0.0133. The van der Waals surface area contributed by atoms with Crippen LogP contribution in [0, 0.1) is 5.82 Å². The number of hydrogen-bond acceptors (Lipinski definition) is 6. The first kappa shape index (κ1) is 21.5. The summed E-state index contributed by atoms with van der Waals surface area (Å²) in [5.74, 6) is -1.18. The van der Waals surface area contributed by atoms with Crippen LogP contribution < -0.4 is 16.4 Å². The van der Waals surface area contributed by atoms with Crippen molar-refractivity contribution in [3.63, 3.8) is 0 Å². The van der Waals surface area contributed by atoms with Gasteiger partial charge in [-0.2, -0.15) is 0 Å². The van der Waals surface area contributed by atoms with Crippen LogP contribution in [0.4, 0.5) is 15.9 Å². The molecule has 0 bridgehead atoms. The summed E-state index contributed by atoms with van der Waals surface area (Å²) in [4.78, 5) is 30.6. The molecule has 2 heterocycles. The van der Waals surface area contributed by atoms with Crippen molar-refractivity contribution in [1.82, 2.24) is 10.0 Å². The maximum absolute atomic E-state index is 14.5. The average molecular weight is 417 g/mol. The Morgan fingerprint density at radius 3 is 2.77 bits per heavy atom. The fourth-order valence-corrected chi connectivity index (χ4v) is 2.97. The van der Waals surface area contributed by atoms with Gasteiger partial charge in [-0.25, -0.2) is 9.87 Å². The minimum Gasteiger partial charge on any atom is -0.463 e. The van der Waals surface area contributed by atoms with Crippen molar-refractivity contribution in [2.45, 2.75) is 32.8 Å². The van der Waals surface area contributed by atoms with Crippen LogP contribution in [-0.2, 0) is 18.3 Å². The van der Waals surface area contributed by atoms with Gasteiger partial charge in [-0.15, -0.1) is 0 Å². The van der Waals surface area contributed by atoms with E-state index in [9.17, 15) is 19.1 Å². The predicted octanol–water partition coefficient (Wildman–Crippen LogP) is 3.01. The zero-order chi connectivity index (χ0) is 21.8. The molecule has 2 aromatic heterocycles. The molecule has 1 amide bonds. The van der Waals surface area contributed by atoms with Gasteiger partial charge in [0.1, 0.15) is 23.8 Å².